The molecule has 2 aromatic rings. The number of rotatable bonds is 1. The first-order chi connectivity index (χ1) is 10.7. The summed E-state index contributed by atoms with van der Waals surface area (Å²) >= 11 is 0. The molecule has 1 aliphatic heterocycles. The van der Waals surface area contributed by atoms with Gasteiger partial charge in [-0.1, -0.05) is 18.2 Å². The number of hydrogen-bond donors (Lipinski definition) is 1. The molecule has 1 aliphatic carbocycles. The predicted octanol–water partition coefficient (Wildman–Crippen LogP) is 2.46. The number of nitrogens with zero attached hydrogens (tertiary/aromatic N) is 2. The standard InChI is InChI=1S/C17H16FN3O/c18-13-6-12(8-20-9-13)14-3-1-2-11-7-17(5-4-15(11)14)10-21-16(19)22-17/h1-3,6,8-9H,4-5,7,10H2,(H2,19,21)/t17-/m1/s1. The van der Waals surface area contributed by atoms with Crippen LogP contribution in [0.5, 0.6) is 0 Å². The van der Waals surface area contributed by atoms with Gasteiger partial charge in [-0.25, -0.2) is 9.38 Å². The van der Waals surface area contributed by atoms with Crippen LogP contribution in [0.1, 0.15) is 17.5 Å². The van der Waals surface area contributed by atoms with Crippen LogP contribution in [0.15, 0.2) is 41.7 Å². The second kappa shape index (κ2) is 4.80. The maximum absolute atomic E-state index is 13.5. The molecular weight excluding hydrogens is 281 g/mol. The van der Waals surface area contributed by atoms with Crippen LogP contribution in [0.2, 0.25) is 0 Å². The highest BCUT2D eigenvalue weighted by Crippen LogP contribution is 2.38. The minimum Gasteiger partial charge on any atom is -0.456 e. The van der Waals surface area contributed by atoms with Crippen molar-refractivity contribution < 1.29 is 9.13 Å². The molecule has 0 unspecified atom stereocenters. The lowest BCUT2D eigenvalue weighted by molar-refractivity contribution is 0.0704. The fraction of sp³-hybridized carbons (Fsp3) is 0.294. The molecule has 2 N–H and O–H groups in total. The van der Waals surface area contributed by atoms with Crippen LogP contribution in [-0.4, -0.2) is 23.2 Å². The highest BCUT2D eigenvalue weighted by Gasteiger charge is 2.40. The van der Waals surface area contributed by atoms with Crippen molar-refractivity contribution in [3.05, 3.63) is 53.6 Å². The number of halogens is 1. The van der Waals surface area contributed by atoms with E-state index in [2.05, 4.69) is 16.0 Å². The van der Waals surface area contributed by atoms with Crippen molar-refractivity contribution in [2.45, 2.75) is 24.9 Å². The SMILES string of the molecule is NC1=NC[C@]2(CCc3c(cccc3-c3cncc(F)c3)C2)O1. The number of fused-ring (bicyclic) bond motifs is 1. The van der Waals surface area contributed by atoms with E-state index >= 15 is 0 Å². The van der Waals surface area contributed by atoms with Crippen LogP contribution in [0, 0.1) is 5.82 Å². The Kier molecular flexibility index (Phi) is 2.89. The molecule has 0 radical (unpaired) electrons. The van der Waals surface area contributed by atoms with Crippen LogP contribution in [0.4, 0.5) is 4.39 Å². The van der Waals surface area contributed by atoms with E-state index in [1.54, 1.807) is 6.20 Å². The van der Waals surface area contributed by atoms with Crippen LogP contribution >= 0.6 is 0 Å². The van der Waals surface area contributed by atoms with Crippen LogP contribution in [0.3, 0.4) is 0 Å². The summed E-state index contributed by atoms with van der Waals surface area (Å²) in [5, 5.41) is 0. The second-order valence-electron chi connectivity index (χ2n) is 5.95. The van der Waals surface area contributed by atoms with Gasteiger partial charge in [-0.05, 0) is 35.6 Å². The Labute approximate surface area is 127 Å². The van der Waals surface area contributed by atoms with Gasteiger partial charge in [0.2, 0.25) is 0 Å². The Morgan fingerprint density at radius 2 is 2.18 bits per heavy atom. The summed E-state index contributed by atoms with van der Waals surface area (Å²) < 4.78 is 19.2. The van der Waals surface area contributed by atoms with E-state index in [0.29, 0.717) is 6.54 Å². The molecule has 0 bridgehead atoms. The molecular formula is C17H16FN3O. The van der Waals surface area contributed by atoms with Crippen molar-refractivity contribution >= 4 is 6.02 Å². The van der Waals surface area contributed by atoms with Gasteiger partial charge in [0.25, 0.3) is 6.02 Å². The zero-order chi connectivity index (χ0) is 15.2. The number of ether oxygens (including phenoxy) is 1. The van der Waals surface area contributed by atoms with Gasteiger partial charge in [0, 0.05) is 18.2 Å². The number of nitrogens with two attached hydrogens (primary N) is 1. The topological polar surface area (TPSA) is 60.5 Å². The van der Waals surface area contributed by atoms with E-state index in [9.17, 15) is 4.39 Å². The molecule has 0 fully saturated rings. The normalized spacial score (nSPS) is 23.0. The lowest BCUT2D eigenvalue weighted by atomic mass is 9.78. The number of aliphatic imine (C=N–C) groups is 1. The van der Waals surface area contributed by atoms with Gasteiger partial charge in [0.15, 0.2) is 0 Å². The van der Waals surface area contributed by atoms with Crippen LogP contribution in [0.25, 0.3) is 11.1 Å². The first-order valence-corrected chi connectivity index (χ1v) is 7.36. The largest absolute Gasteiger partial charge is 0.456 e. The maximum atomic E-state index is 13.5. The van der Waals surface area contributed by atoms with Gasteiger partial charge in [0.1, 0.15) is 11.4 Å². The summed E-state index contributed by atoms with van der Waals surface area (Å²) in [7, 11) is 0. The van der Waals surface area contributed by atoms with Crippen molar-refractivity contribution in [1.29, 1.82) is 0 Å². The molecule has 4 nitrogen and oxygen atoms in total. The van der Waals surface area contributed by atoms with Gasteiger partial charge in [-0.15, -0.1) is 0 Å². The van der Waals surface area contributed by atoms with Crippen molar-refractivity contribution in [2.75, 3.05) is 6.54 Å². The van der Waals surface area contributed by atoms with Gasteiger partial charge in [-0.2, -0.15) is 0 Å². The molecule has 2 heterocycles. The average Bonchev–Trinajstić information content (AvgIpc) is 2.87. The minimum absolute atomic E-state index is 0.286. The summed E-state index contributed by atoms with van der Waals surface area (Å²) in [6.07, 6.45) is 5.44. The quantitative estimate of drug-likeness (QED) is 0.879. The van der Waals surface area contributed by atoms with Crippen molar-refractivity contribution in [1.82, 2.24) is 4.98 Å². The lowest BCUT2D eigenvalue weighted by Crippen LogP contribution is -2.40. The Balaban J connectivity index is 1.73. The van der Waals surface area contributed by atoms with Crippen LogP contribution < -0.4 is 5.73 Å². The third kappa shape index (κ3) is 2.13. The van der Waals surface area contributed by atoms with Crippen molar-refractivity contribution in [3.63, 3.8) is 0 Å². The van der Waals surface area contributed by atoms with E-state index < -0.39 is 0 Å². The molecule has 1 aromatic carbocycles. The smallest absolute Gasteiger partial charge is 0.282 e. The fourth-order valence-corrected chi connectivity index (χ4v) is 3.44. The number of hydrogen-bond acceptors (Lipinski definition) is 4. The molecule has 0 saturated carbocycles. The number of amidine groups is 1. The van der Waals surface area contributed by atoms with Gasteiger partial charge in [-0.3, -0.25) is 4.98 Å². The third-order valence-electron chi connectivity index (χ3n) is 4.48. The number of aromatic nitrogens is 1. The highest BCUT2D eigenvalue weighted by atomic mass is 19.1. The molecule has 1 spiro atoms. The van der Waals surface area contributed by atoms with E-state index in [4.69, 9.17) is 10.5 Å². The Morgan fingerprint density at radius 1 is 1.27 bits per heavy atom. The summed E-state index contributed by atoms with van der Waals surface area (Å²) in [6, 6.07) is 7.93. The molecule has 5 heteroatoms. The van der Waals surface area contributed by atoms with E-state index in [1.807, 2.05) is 12.1 Å². The Hall–Kier alpha value is -2.43. The zero-order valence-corrected chi connectivity index (χ0v) is 12.1. The molecule has 4 rings (SSSR count). The zero-order valence-electron chi connectivity index (χ0n) is 12.1. The fourth-order valence-electron chi connectivity index (χ4n) is 3.44. The van der Waals surface area contributed by atoms with E-state index in [1.165, 1.54) is 23.4 Å². The summed E-state index contributed by atoms with van der Waals surface area (Å²) in [5.74, 6) is -0.317. The average molecular weight is 297 g/mol. The first kappa shape index (κ1) is 13.2. The second-order valence-corrected chi connectivity index (χ2v) is 5.95. The third-order valence-corrected chi connectivity index (χ3v) is 4.48. The molecule has 112 valence electrons. The Morgan fingerprint density at radius 3 is 2.95 bits per heavy atom. The molecule has 2 aliphatic rings. The van der Waals surface area contributed by atoms with Crippen molar-refractivity contribution in [2.24, 2.45) is 10.7 Å². The Bertz CT molecular complexity index is 774. The summed E-state index contributed by atoms with van der Waals surface area (Å²) in [4.78, 5) is 8.15. The van der Waals surface area contributed by atoms with Gasteiger partial charge in [0.05, 0.1) is 12.7 Å². The van der Waals surface area contributed by atoms with E-state index in [0.717, 1.165) is 30.4 Å². The molecule has 1 atom stereocenters. The van der Waals surface area contributed by atoms with Crippen molar-refractivity contribution in [3.8, 4) is 11.1 Å². The van der Waals surface area contributed by atoms with Crippen LogP contribution in [-0.2, 0) is 17.6 Å². The van der Waals surface area contributed by atoms with Gasteiger partial charge >= 0.3 is 0 Å². The summed E-state index contributed by atoms with van der Waals surface area (Å²) in [5.41, 5.74) is 9.71. The molecule has 0 amide bonds. The van der Waals surface area contributed by atoms with Gasteiger partial charge < -0.3 is 10.5 Å². The van der Waals surface area contributed by atoms with E-state index in [-0.39, 0.29) is 17.4 Å². The monoisotopic (exact) mass is 297 g/mol. The highest BCUT2D eigenvalue weighted by molar-refractivity contribution is 5.74. The molecule has 22 heavy (non-hydrogen) atoms. The minimum atomic E-state index is -0.317. The maximum Gasteiger partial charge on any atom is 0.282 e. The molecule has 1 aromatic heterocycles. The first-order valence-electron chi connectivity index (χ1n) is 7.36. The molecule has 0 saturated heterocycles. The number of benzene rings is 1. The lowest BCUT2D eigenvalue weighted by Gasteiger charge is -2.34. The number of pyridine rings is 1. The predicted molar refractivity (Wildman–Crippen MR) is 82.0 cm³/mol. The summed E-state index contributed by atoms with van der Waals surface area (Å²) in [6.45, 7) is 0.615.